The quantitative estimate of drug-likeness (QED) is 0.542. The van der Waals surface area contributed by atoms with Crippen LogP contribution in [0.2, 0.25) is 6.32 Å². The second kappa shape index (κ2) is 3.10. The van der Waals surface area contributed by atoms with E-state index in [1.165, 1.54) is 18.2 Å². The van der Waals surface area contributed by atoms with E-state index in [1.54, 1.807) is 0 Å². The molecule has 1 fully saturated rings. The maximum Gasteiger partial charge on any atom is 0.326 e. The van der Waals surface area contributed by atoms with Gasteiger partial charge in [-0.05, 0) is 18.2 Å². The minimum absolute atomic E-state index is 0.371. The zero-order chi connectivity index (χ0) is 7.52. The first kappa shape index (κ1) is 6.92. The van der Waals surface area contributed by atoms with Gasteiger partial charge in [0, 0.05) is 6.61 Å². The molecule has 0 aromatic heterocycles. The molecule has 1 heterocycles. The first-order valence-corrected chi connectivity index (χ1v) is 4.13. The third-order valence-corrected chi connectivity index (χ3v) is 2.10. The summed E-state index contributed by atoms with van der Waals surface area (Å²) in [4.78, 5) is 0. The lowest BCUT2D eigenvalue weighted by molar-refractivity contribution is 0.366. The van der Waals surface area contributed by atoms with Crippen LogP contribution in [0.1, 0.15) is 6.42 Å². The summed E-state index contributed by atoms with van der Waals surface area (Å²) in [5.74, 6) is 0. The van der Waals surface area contributed by atoms with E-state index in [1.807, 2.05) is 6.07 Å². The maximum absolute atomic E-state index is 5.54. The highest BCUT2D eigenvalue weighted by atomic mass is 16.4. The van der Waals surface area contributed by atoms with Gasteiger partial charge in [-0.15, -0.1) is 0 Å². The zero-order valence-corrected chi connectivity index (χ0v) is 6.49. The summed E-state index contributed by atoms with van der Waals surface area (Å²) < 4.78 is 5.54. The SMILES string of the molecule is c1ccc(B2CCCO2)cc1. The lowest BCUT2D eigenvalue weighted by Gasteiger charge is -2.03. The molecule has 0 amide bonds. The van der Waals surface area contributed by atoms with Crippen LogP contribution in [-0.4, -0.2) is 13.5 Å². The standard InChI is InChI=1S/C9H11BO/c1-2-5-9(6-3-1)10-7-4-8-11-10/h1-3,5-6H,4,7-8H2. The van der Waals surface area contributed by atoms with Crippen LogP contribution in [0.4, 0.5) is 0 Å². The molecule has 0 saturated carbocycles. The van der Waals surface area contributed by atoms with Crippen molar-refractivity contribution in [3.05, 3.63) is 30.3 Å². The van der Waals surface area contributed by atoms with Gasteiger partial charge in [-0.3, -0.25) is 0 Å². The van der Waals surface area contributed by atoms with Gasteiger partial charge in [-0.25, -0.2) is 0 Å². The van der Waals surface area contributed by atoms with Crippen LogP contribution in [0, 0.1) is 0 Å². The number of rotatable bonds is 1. The van der Waals surface area contributed by atoms with E-state index >= 15 is 0 Å². The summed E-state index contributed by atoms with van der Waals surface area (Å²) in [6, 6.07) is 10.4. The van der Waals surface area contributed by atoms with Crippen molar-refractivity contribution in [1.29, 1.82) is 0 Å². The van der Waals surface area contributed by atoms with Crippen LogP contribution in [0.3, 0.4) is 0 Å². The van der Waals surface area contributed by atoms with Crippen molar-refractivity contribution in [2.75, 3.05) is 6.61 Å². The van der Waals surface area contributed by atoms with Crippen molar-refractivity contribution < 1.29 is 4.65 Å². The van der Waals surface area contributed by atoms with Crippen LogP contribution >= 0.6 is 0 Å². The molecule has 2 heteroatoms. The largest absolute Gasteiger partial charge is 0.431 e. The van der Waals surface area contributed by atoms with Crippen molar-refractivity contribution in [2.45, 2.75) is 12.7 Å². The van der Waals surface area contributed by atoms with Gasteiger partial charge in [0.15, 0.2) is 0 Å². The van der Waals surface area contributed by atoms with Crippen molar-refractivity contribution in [3.63, 3.8) is 0 Å². The monoisotopic (exact) mass is 146 g/mol. The number of benzene rings is 1. The number of hydrogen-bond acceptors (Lipinski definition) is 1. The van der Waals surface area contributed by atoms with E-state index in [2.05, 4.69) is 24.3 Å². The van der Waals surface area contributed by atoms with Gasteiger partial charge in [0.1, 0.15) is 0 Å². The van der Waals surface area contributed by atoms with Crippen molar-refractivity contribution in [3.8, 4) is 0 Å². The molecule has 1 aromatic rings. The van der Waals surface area contributed by atoms with Gasteiger partial charge in [-0.2, -0.15) is 0 Å². The summed E-state index contributed by atoms with van der Waals surface area (Å²) in [5.41, 5.74) is 1.32. The van der Waals surface area contributed by atoms with Crippen LogP contribution in [0.25, 0.3) is 0 Å². The first-order valence-electron chi connectivity index (χ1n) is 4.13. The second-order valence-corrected chi connectivity index (χ2v) is 2.91. The van der Waals surface area contributed by atoms with Crippen molar-refractivity contribution >= 4 is 12.4 Å². The first-order chi connectivity index (χ1) is 5.47. The minimum Gasteiger partial charge on any atom is -0.431 e. The molecule has 0 N–H and O–H groups in total. The third kappa shape index (κ3) is 1.46. The van der Waals surface area contributed by atoms with Gasteiger partial charge in [0.05, 0.1) is 0 Å². The average molecular weight is 146 g/mol. The highest BCUT2D eigenvalue weighted by molar-refractivity contribution is 6.67. The van der Waals surface area contributed by atoms with Crippen molar-refractivity contribution in [1.82, 2.24) is 0 Å². The predicted molar refractivity (Wildman–Crippen MR) is 47.2 cm³/mol. The maximum atomic E-state index is 5.54. The second-order valence-electron chi connectivity index (χ2n) is 2.91. The van der Waals surface area contributed by atoms with Gasteiger partial charge in [0.25, 0.3) is 0 Å². The molecule has 1 aromatic carbocycles. The Morgan fingerprint density at radius 3 is 2.64 bits per heavy atom. The Balaban J connectivity index is 2.16. The summed E-state index contributed by atoms with van der Waals surface area (Å²) in [6.45, 7) is 1.30. The normalized spacial score (nSPS) is 17.3. The van der Waals surface area contributed by atoms with Gasteiger partial charge >= 0.3 is 6.92 Å². The Bertz CT molecular complexity index is 216. The molecule has 0 aliphatic carbocycles. The fourth-order valence-electron chi connectivity index (χ4n) is 1.51. The summed E-state index contributed by atoms with van der Waals surface area (Å²) in [5, 5.41) is 0. The summed E-state index contributed by atoms with van der Waals surface area (Å²) >= 11 is 0. The molecule has 0 bridgehead atoms. The Kier molecular flexibility index (Phi) is 1.95. The lowest BCUT2D eigenvalue weighted by Crippen LogP contribution is -2.28. The Morgan fingerprint density at radius 2 is 2.00 bits per heavy atom. The highest BCUT2D eigenvalue weighted by Gasteiger charge is 2.22. The average Bonchev–Trinajstić information content (AvgIpc) is 2.58. The number of hydrogen-bond donors (Lipinski definition) is 0. The van der Waals surface area contributed by atoms with E-state index in [0.717, 1.165) is 6.61 Å². The summed E-state index contributed by atoms with van der Waals surface area (Å²) in [6.07, 6.45) is 2.39. The van der Waals surface area contributed by atoms with E-state index in [0.29, 0.717) is 6.92 Å². The zero-order valence-electron chi connectivity index (χ0n) is 6.49. The summed E-state index contributed by atoms with van der Waals surface area (Å²) in [7, 11) is 0. The fraction of sp³-hybridized carbons (Fsp3) is 0.333. The van der Waals surface area contributed by atoms with E-state index in [4.69, 9.17) is 4.65 Å². The molecule has 11 heavy (non-hydrogen) atoms. The van der Waals surface area contributed by atoms with Crippen LogP contribution < -0.4 is 5.46 Å². The molecule has 0 radical (unpaired) electrons. The van der Waals surface area contributed by atoms with Crippen molar-refractivity contribution in [2.24, 2.45) is 0 Å². The Morgan fingerprint density at radius 1 is 1.18 bits per heavy atom. The molecule has 1 aliphatic rings. The fourth-order valence-corrected chi connectivity index (χ4v) is 1.51. The Hall–Kier alpha value is -0.755. The molecule has 0 spiro atoms. The molecule has 1 aliphatic heterocycles. The van der Waals surface area contributed by atoms with E-state index in [-0.39, 0.29) is 0 Å². The molecule has 0 unspecified atom stereocenters. The minimum atomic E-state index is 0.371. The highest BCUT2D eigenvalue weighted by Crippen LogP contribution is 2.09. The smallest absolute Gasteiger partial charge is 0.326 e. The molecular formula is C9H11BO. The van der Waals surface area contributed by atoms with Gasteiger partial charge in [0.2, 0.25) is 0 Å². The molecule has 1 nitrogen and oxygen atoms in total. The van der Waals surface area contributed by atoms with Crippen LogP contribution in [0.5, 0.6) is 0 Å². The van der Waals surface area contributed by atoms with Crippen LogP contribution in [-0.2, 0) is 4.65 Å². The Labute approximate surface area is 67.5 Å². The third-order valence-electron chi connectivity index (χ3n) is 2.10. The molecule has 0 atom stereocenters. The van der Waals surface area contributed by atoms with Gasteiger partial charge in [-0.1, -0.05) is 30.3 Å². The van der Waals surface area contributed by atoms with E-state index in [9.17, 15) is 0 Å². The molecular weight excluding hydrogens is 135 g/mol. The van der Waals surface area contributed by atoms with Gasteiger partial charge < -0.3 is 4.65 Å². The lowest BCUT2D eigenvalue weighted by atomic mass is 9.59. The molecule has 56 valence electrons. The predicted octanol–water partition coefficient (Wildman–Crippen LogP) is 1.31. The van der Waals surface area contributed by atoms with E-state index < -0.39 is 0 Å². The molecule has 1 saturated heterocycles. The van der Waals surface area contributed by atoms with Crippen LogP contribution in [0.15, 0.2) is 30.3 Å². The molecule has 2 rings (SSSR count). The topological polar surface area (TPSA) is 9.23 Å².